The lowest BCUT2D eigenvalue weighted by Crippen LogP contribution is -2.42. The Kier molecular flexibility index (Phi) is 5.30. The van der Waals surface area contributed by atoms with Crippen LogP contribution in [0.3, 0.4) is 0 Å². The highest BCUT2D eigenvalue weighted by molar-refractivity contribution is 4.83. The van der Waals surface area contributed by atoms with Crippen LogP contribution in [0.4, 0.5) is 0 Å². The van der Waals surface area contributed by atoms with Gasteiger partial charge in [0.2, 0.25) is 0 Å². The molecule has 0 radical (unpaired) electrons. The average Bonchev–Trinajstić information content (AvgIpc) is 3.20. The molecule has 0 heterocycles. The van der Waals surface area contributed by atoms with E-state index in [9.17, 15) is 0 Å². The van der Waals surface area contributed by atoms with E-state index in [-0.39, 0.29) is 0 Å². The fourth-order valence-electron chi connectivity index (χ4n) is 3.24. The molecule has 0 aliphatic heterocycles. The van der Waals surface area contributed by atoms with Gasteiger partial charge in [-0.25, -0.2) is 0 Å². The standard InChI is InChI=1S/C15H30N2/c1-3-17(15-7-5-4-6-8-15)12-11-16-13(2)14-9-10-14/h13-16H,3-12H2,1-2H3. The van der Waals surface area contributed by atoms with Gasteiger partial charge in [-0.15, -0.1) is 0 Å². The molecule has 2 nitrogen and oxygen atoms in total. The molecule has 2 aliphatic carbocycles. The fraction of sp³-hybridized carbons (Fsp3) is 1.00. The summed E-state index contributed by atoms with van der Waals surface area (Å²) in [5, 5.41) is 3.71. The van der Waals surface area contributed by atoms with E-state index in [1.165, 1.54) is 64.6 Å². The van der Waals surface area contributed by atoms with Gasteiger partial charge in [0.05, 0.1) is 0 Å². The Labute approximate surface area is 107 Å². The third-order valence-electron chi connectivity index (χ3n) is 4.69. The van der Waals surface area contributed by atoms with Crippen LogP contribution in [0, 0.1) is 5.92 Å². The van der Waals surface area contributed by atoms with Gasteiger partial charge in [-0.1, -0.05) is 26.2 Å². The van der Waals surface area contributed by atoms with E-state index in [0.717, 1.165) is 18.0 Å². The molecular formula is C15H30N2. The van der Waals surface area contributed by atoms with Crippen molar-refractivity contribution in [2.24, 2.45) is 5.92 Å². The van der Waals surface area contributed by atoms with Crippen molar-refractivity contribution in [2.45, 2.75) is 70.9 Å². The molecule has 0 aromatic rings. The zero-order chi connectivity index (χ0) is 12.1. The van der Waals surface area contributed by atoms with Crippen molar-refractivity contribution in [3.05, 3.63) is 0 Å². The maximum absolute atomic E-state index is 3.71. The monoisotopic (exact) mass is 238 g/mol. The molecule has 2 saturated carbocycles. The van der Waals surface area contributed by atoms with Crippen molar-refractivity contribution in [1.82, 2.24) is 10.2 Å². The maximum atomic E-state index is 3.71. The molecule has 1 atom stereocenters. The van der Waals surface area contributed by atoms with Gasteiger partial charge in [0, 0.05) is 25.2 Å². The lowest BCUT2D eigenvalue weighted by atomic mass is 9.94. The molecule has 1 N–H and O–H groups in total. The molecular weight excluding hydrogens is 208 g/mol. The Balaban J connectivity index is 1.63. The second-order valence-corrected chi connectivity index (χ2v) is 6.00. The summed E-state index contributed by atoms with van der Waals surface area (Å²) in [6.07, 6.45) is 10.1. The molecule has 17 heavy (non-hydrogen) atoms. The molecule has 1 unspecified atom stereocenters. The van der Waals surface area contributed by atoms with E-state index in [1.54, 1.807) is 0 Å². The molecule has 2 rings (SSSR count). The van der Waals surface area contributed by atoms with E-state index in [0.29, 0.717) is 0 Å². The number of likely N-dealkylation sites (N-methyl/N-ethyl adjacent to an activating group) is 1. The quantitative estimate of drug-likeness (QED) is 0.733. The SMILES string of the molecule is CCN(CCNC(C)C1CC1)C1CCCCC1. The second-order valence-electron chi connectivity index (χ2n) is 6.00. The van der Waals surface area contributed by atoms with Crippen molar-refractivity contribution < 1.29 is 0 Å². The predicted molar refractivity (Wildman–Crippen MR) is 74.3 cm³/mol. The third kappa shape index (κ3) is 4.26. The largest absolute Gasteiger partial charge is 0.313 e. The predicted octanol–water partition coefficient (Wildman–Crippen LogP) is 3.03. The summed E-state index contributed by atoms with van der Waals surface area (Å²) in [4.78, 5) is 2.70. The van der Waals surface area contributed by atoms with Gasteiger partial charge in [0.15, 0.2) is 0 Å². The van der Waals surface area contributed by atoms with Crippen LogP contribution in [0.15, 0.2) is 0 Å². The summed E-state index contributed by atoms with van der Waals surface area (Å²) < 4.78 is 0. The number of hydrogen-bond acceptors (Lipinski definition) is 2. The molecule has 0 bridgehead atoms. The van der Waals surface area contributed by atoms with E-state index in [4.69, 9.17) is 0 Å². The second kappa shape index (κ2) is 6.75. The Bertz CT molecular complexity index is 207. The average molecular weight is 238 g/mol. The normalized spacial score (nSPS) is 24.2. The molecule has 0 aromatic heterocycles. The first kappa shape index (κ1) is 13.4. The lowest BCUT2D eigenvalue weighted by molar-refractivity contribution is 0.162. The zero-order valence-electron chi connectivity index (χ0n) is 11.8. The number of rotatable bonds is 7. The van der Waals surface area contributed by atoms with E-state index in [1.807, 2.05) is 0 Å². The fourth-order valence-corrected chi connectivity index (χ4v) is 3.24. The van der Waals surface area contributed by atoms with Crippen molar-refractivity contribution in [2.75, 3.05) is 19.6 Å². The molecule has 0 amide bonds. The summed E-state index contributed by atoms with van der Waals surface area (Å²) in [7, 11) is 0. The molecule has 0 saturated heterocycles. The van der Waals surface area contributed by atoms with Crippen molar-refractivity contribution in [3.63, 3.8) is 0 Å². The van der Waals surface area contributed by atoms with Crippen LogP contribution in [0.5, 0.6) is 0 Å². The highest BCUT2D eigenvalue weighted by Gasteiger charge is 2.27. The van der Waals surface area contributed by atoms with Gasteiger partial charge in [0.1, 0.15) is 0 Å². The molecule has 2 aliphatic rings. The van der Waals surface area contributed by atoms with Gasteiger partial charge < -0.3 is 5.32 Å². The molecule has 2 heteroatoms. The van der Waals surface area contributed by atoms with Crippen LogP contribution >= 0.6 is 0 Å². The van der Waals surface area contributed by atoms with Crippen molar-refractivity contribution >= 4 is 0 Å². The highest BCUT2D eigenvalue weighted by Crippen LogP contribution is 2.32. The molecule has 0 aromatic carbocycles. The summed E-state index contributed by atoms with van der Waals surface area (Å²) in [5.41, 5.74) is 0. The number of hydrogen-bond donors (Lipinski definition) is 1. The Morgan fingerprint density at radius 3 is 2.41 bits per heavy atom. The smallest absolute Gasteiger partial charge is 0.0110 e. The van der Waals surface area contributed by atoms with E-state index >= 15 is 0 Å². The van der Waals surface area contributed by atoms with Gasteiger partial charge in [-0.2, -0.15) is 0 Å². The minimum absolute atomic E-state index is 0.750. The third-order valence-corrected chi connectivity index (χ3v) is 4.69. The molecule has 0 spiro atoms. The number of nitrogens with one attached hydrogen (secondary N) is 1. The van der Waals surface area contributed by atoms with Crippen LogP contribution in [0.1, 0.15) is 58.8 Å². The van der Waals surface area contributed by atoms with Gasteiger partial charge in [-0.3, -0.25) is 4.90 Å². The van der Waals surface area contributed by atoms with E-state index in [2.05, 4.69) is 24.1 Å². The first-order valence-electron chi connectivity index (χ1n) is 7.78. The summed E-state index contributed by atoms with van der Waals surface area (Å²) in [5.74, 6) is 0.986. The van der Waals surface area contributed by atoms with Gasteiger partial charge in [-0.05, 0) is 45.1 Å². The van der Waals surface area contributed by atoms with Crippen LogP contribution in [0.25, 0.3) is 0 Å². The first-order chi connectivity index (χ1) is 8.31. The topological polar surface area (TPSA) is 15.3 Å². The minimum atomic E-state index is 0.750. The lowest BCUT2D eigenvalue weighted by Gasteiger charge is -2.33. The van der Waals surface area contributed by atoms with Crippen LogP contribution in [-0.2, 0) is 0 Å². The first-order valence-corrected chi connectivity index (χ1v) is 7.78. The Morgan fingerprint density at radius 1 is 1.12 bits per heavy atom. The Hall–Kier alpha value is -0.0800. The van der Waals surface area contributed by atoms with Crippen LogP contribution < -0.4 is 5.32 Å². The maximum Gasteiger partial charge on any atom is 0.0110 e. The van der Waals surface area contributed by atoms with Crippen molar-refractivity contribution in [3.8, 4) is 0 Å². The van der Waals surface area contributed by atoms with Crippen LogP contribution in [0.2, 0.25) is 0 Å². The number of nitrogens with zero attached hydrogens (tertiary/aromatic N) is 1. The molecule has 100 valence electrons. The summed E-state index contributed by atoms with van der Waals surface area (Å²) in [6, 6.07) is 1.63. The summed E-state index contributed by atoms with van der Waals surface area (Å²) in [6.45, 7) is 8.33. The minimum Gasteiger partial charge on any atom is -0.313 e. The Morgan fingerprint density at radius 2 is 1.82 bits per heavy atom. The van der Waals surface area contributed by atoms with Crippen LogP contribution in [-0.4, -0.2) is 36.6 Å². The van der Waals surface area contributed by atoms with Gasteiger partial charge >= 0.3 is 0 Å². The summed E-state index contributed by atoms with van der Waals surface area (Å²) >= 11 is 0. The van der Waals surface area contributed by atoms with Gasteiger partial charge in [0.25, 0.3) is 0 Å². The molecule has 2 fully saturated rings. The zero-order valence-corrected chi connectivity index (χ0v) is 11.8. The highest BCUT2D eigenvalue weighted by atomic mass is 15.2. The van der Waals surface area contributed by atoms with E-state index < -0.39 is 0 Å². The van der Waals surface area contributed by atoms with Crippen molar-refractivity contribution in [1.29, 1.82) is 0 Å².